The fourth-order valence-electron chi connectivity index (χ4n) is 0.994. The van der Waals surface area contributed by atoms with Crippen LogP contribution < -0.4 is 5.32 Å². The topological polar surface area (TPSA) is 41.5 Å². The van der Waals surface area contributed by atoms with Gasteiger partial charge in [-0.2, -0.15) is 0 Å². The van der Waals surface area contributed by atoms with E-state index in [0.29, 0.717) is 6.61 Å². The molecule has 1 unspecified atom stereocenters. The number of aliphatic hydroxyl groups is 1. The minimum absolute atomic E-state index is 0.545. The van der Waals surface area contributed by atoms with Gasteiger partial charge in [0.2, 0.25) is 6.41 Å². The van der Waals surface area contributed by atoms with Crippen LogP contribution in [-0.4, -0.2) is 24.7 Å². The van der Waals surface area contributed by atoms with E-state index in [4.69, 9.17) is 9.84 Å². The number of hydrogen-bond donors (Lipinski definition) is 2. The van der Waals surface area contributed by atoms with Gasteiger partial charge in [0.1, 0.15) is 0 Å². The third-order valence-electron chi connectivity index (χ3n) is 1.67. The highest BCUT2D eigenvalue weighted by molar-refractivity contribution is 4.45. The maximum absolute atomic E-state index is 9.07. The predicted octanol–water partition coefficient (Wildman–Crippen LogP) is 1.47. The van der Waals surface area contributed by atoms with E-state index in [9.17, 15) is 0 Å². The zero-order valence-corrected chi connectivity index (χ0v) is 8.18. The molecule has 0 bridgehead atoms. The van der Waals surface area contributed by atoms with Crippen molar-refractivity contribution in [3.05, 3.63) is 0 Å². The standard InChI is InChI=1S/C9H21NO2/c1-3-5-6-7-8-10-9(11)12-4-2/h9-11H,3-8H2,1-2H3. The quantitative estimate of drug-likeness (QED) is 0.433. The van der Waals surface area contributed by atoms with Crippen molar-refractivity contribution in [2.75, 3.05) is 13.2 Å². The summed E-state index contributed by atoms with van der Waals surface area (Å²) in [7, 11) is 0. The summed E-state index contributed by atoms with van der Waals surface area (Å²) in [5.41, 5.74) is 0. The number of hydrogen-bond acceptors (Lipinski definition) is 3. The van der Waals surface area contributed by atoms with E-state index in [0.717, 1.165) is 13.0 Å². The summed E-state index contributed by atoms with van der Waals surface area (Å²) in [6.45, 7) is 5.43. The molecule has 0 aliphatic rings. The average Bonchev–Trinajstić information content (AvgIpc) is 2.05. The Hall–Kier alpha value is -0.120. The molecule has 0 aromatic heterocycles. The Kier molecular flexibility index (Phi) is 8.88. The van der Waals surface area contributed by atoms with E-state index in [2.05, 4.69) is 12.2 Å². The van der Waals surface area contributed by atoms with Crippen molar-refractivity contribution in [2.45, 2.75) is 45.9 Å². The second kappa shape index (κ2) is 8.97. The van der Waals surface area contributed by atoms with Crippen LogP contribution in [0.25, 0.3) is 0 Å². The number of ether oxygens (including phenoxy) is 1. The second-order valence-corrected chi connectivity index (χ2v) is 2.82. The molecule has 0 aliphatic carbocycles. The number of unbranched alkanes of at least 4 members (excludes halogenated alkanes) is 3. The van der Waals surface area contributed by atoms with Gasteiger partial charge in [0.25, 0.3) is 0 Å². The molecule has 74 valence electrons. The Morgan fingerprint density at radius 3 is 2.58 bits per heavy atom. The summed E-state index contributed by atoms with van der Waals surface area (Å²) in [5.74, 6) is 0. The van der Waals surface area contributed by atoms with Crippen molar-refractivity contribution >= 4 is 0 Å². The van der Waals surface area contributed by atoms with E-state index in [1.807, 2.05) is 6.92 Å². The molecule has 0 heterocycles. The van der Waals surface area contributed by atoms with E-state index in [-0.39, 0.29) is 0 Å². The Bertz CT molecular complexity index is 88.6. The summed E-state index contributed by atoms with van der Waals surface area (Å²) in [6, 6.07) is 0. The van der Waals surface area contributed by atoms with Gasteiger partial charge in [-0.15, -0.1) is 0 Å². The lowest BCUT2D eigenvalue weighted by atomic mass is 10.2. The fraction of sp³-hybridized carbons (Fsp3) is 1.00. The highest BCUT2D eigenvalue weighted by Crippen LogP contribution is 1.97. The summed E-state index contributed by atoms with van der Waals surface area (Å²) >= 11 is 0. The van der Waals surface area contributed by atoms with Crippen molar-refractivity contribution < 1.29 is 9.84 Å². The molecule has 2 N–H and O–H groups in total. The molecule has 0 aromatic carbocycles. The van der Waals surface area contributed by atoms with Crippen LogP contribution in [0.5, 0.6) is 0 Å². The molecule has 12 heavy (non-hydrogen) atoms. The van der Waals surface area contributed by atoms with Gasteiger partial charge in [0, 0.05) is 6.61 Å². The Morgan fingerprint density at radius 1 is 1.25 bits per heavy atom. The lowest BCUT2D eigenvalue weighted by Gasteiger charge is -2.11. The first kappa shape index (κ1) is 11.9. The van der Waals surface area contributed by atoms with Crippen molar-refractivity contribution in [2.24, 2.45) is 0 Å². The monoisotopic (exact) mass is 175 g/mol. The summed E-state index contributed by atoms with van der Waals surface area (Å²) in [4.78, 5) is 0. The molecule has 0 radical (unpaired) electrons. The van der Waals surface area contributed by atoms with E-state index in [1.54, 1.807) is 0 Å². The largest absolute Gasteiger partial charge is 0.356 e. The SMILES string of the molecule is CCCCCCNC(O)OCC. The normalized spacial score (nSPS) is 13.2. The van der Waals surface area contributed by atoms with Gasteiger partial charge in [-0.25, -0.2) is 0 Å². The first-order chi connectivity index (χ1) is 5.81. The van der Waals surface area contributed by atoms with Crippen LogP contribution in [0.1, 0.15) is 39.5 Å². The first-order valence-corrected chi connectivity index (χ1v) is 4.84. The predicted molar refractivity (Wildman–Crippen MR) is 49.8 cm³/mol. The highest BCUT2D eigenvalue weighted by atomic mass is 16.6. The second-order valence-electron chi connectivity index (χ2n) is 2.82. The van der Waals surface area contributed by atoms with E-state index < -0.39 is 6.41 Å². The van der Waals surface area contributed by atoms with E-state index >= 15 is 0 Å². The molecule has 0 amide bonds. The number of nitrogens with one attached hydrogen (secondary N) is 1. The van der Waals surface area contributed by atoms with Crippen molar-refractivity contribution in [1.29, 1.82) is 0 Å². The molecule has 0 aromatic rings. The molecule has 0 rings (SSSR count). The van der Waals surface area contributed by atoms with Gasteiger partial charge in [0.15, 0.2) is 0 Å². The van der Waals surface area contributed by atoms with Crippen molar-refractivity contribution in [3.8, 4) is 0 Å². The van der Waals surface area contributed by atoms with Crippen molar-refractivity contribution in [3.63, 3.8) is 0 Å². The third-order valence-corrected chi connectivity index (χ3v) is 1.67. The van der Waals surface area contributed by atoms with Crippen LogP contribution in [0.4, 0.5) is 0 Å². The summed E-state index contributed by atoms with van der Waals surface area (Å²) in [6.07, 6.45) is 4.07. The van der Waals surface area contributed by atoms with Crippen LogP contribution in [0.15, 0.2) is 0 Å². The molecule has 3 nitrogen and oxygen atoms in total. The zero-order chi connectivity index (χ0) is 9.23. The Labute approximate surface area is 75.1 Å². The van der Waals surface area contributed by atoms with Gasteiger partial charge in [-0.3, -0.25) is 5.32 Å². The Balaban J connectivity index is 2.97. The number of aliphatic hydroxyl groups excluding tert-OH is 1. The summed E-state index contributed by atoms with van der Waals surface area (Å²) < 4.78 is 4.89. The minimum Gasteiger partial charge on any atom is -0.356 e. The average molecular weight is 175 g/mol. The van der Waals surface area contributed by atoms with Gasteiger partial charge in [-0.05, 0) is 19.9 Å². The molecule has 0 aliphatic heterocycles. The molecule has 1 atom stereocenters. The Morgan fingerprint density at radius 2 is 2.00 bits per heavy atom. The summed E-state index contributed by atoms with van der Waals surface area (Å²) in [5, 5.41) is 11.9. The molecule has 0 saturated carbocycles. The van der Waals surface area contributed by atoms with E-state index in [1.165, 1.54) is 19.3 Å². The van der Waals surface area contributed by atoms with Crippen LogP contribution in [0.2, 0.25) is 0 Å². The van der Waals surface area contributed by atoms with Gasteiger partial charge in [0.05, 0.1) is 0 Å². The third kappa shape index (κ3) is 7.98. The molecular weight excluding hydrogens is 154 g/mol. The van der Waals surface area contributed by atoms with Gasteiger partial charge >= 0.3 is 0 Å². The molecule has 0 saturated heterocycles. The lowest BCUT2D eigenvalue weighted by Crippen LogP contribution is -2.32. The van der Waals surface area contributed by atoms with Crippen LogP contribution in [-0.2, 0) is 4.74 Å². The number of rotatable bonds is 8. The maximum atomic E-state index is 9.07. The van der Waals surface area contributed by atoms with Gasteiger partial charge < -0.3 is 9.84 Å². The van der Waals surface area contributed by atoms with Gasteiger partial charge in [-0.1, -0.05) is 26.2 Å². The fourth-order valence-corrected chi connectivity index (χ4v) is 0.994. The molecule has 0 fully saturated rings. The molecule has 3 heteroatoms. The molecule has 0 spiro atoms. The maximum Gasteiger partial charge on any atom is 0.213 e. The van der Waals surface area contributed by atoms with Crippen LogP contribution >= 0.6 is 0 Å². The smallest absolute Gasteiger partial charge is 0.213 e. The first-order valence-electron chi connectivity index (χ1n) is 4.84. The zero-order valence-electron chi connectivity index (χ0n) is 8.18. The highest BCUT2D eigenvalue weighted by Gasteiger charge is 1.98. The van der Waals surface area contributed by atoms with Crippen molar-refractivity contribution in [1.82, 2.24) is 5.32 Å². The lowest BCUT2D eigenvalue weighted by molar-refractivity contribution is -0.115. The van der Waals surface area contributed by atoms with Crippen LogP contribution in [0, 0.1) is 0 Å². The minimum atomic E-state index is -0.781. The van der Waals surface area contributed by atoms with Crippen LogP contribution in [0.3, 0.4) is 0 Å². The molecular formula is C9H21NO2.